The first-order valence-corrected chi connectivity index (χ1v) is 9.73. The van der Waals surface area contributed by atoms with Gasteiger partial charge in [0.15, 0.2) is 0 Å². The van der Waals surface area contributed by atoms with Gasteiger partial charge in [0.2, 0.25) is 5.82 Å². The van der Waals surface area contributed by atoms with Crippen molar-refractivity contribution in [2.45, 2.75) is 45.6 Å². The SMILES string of the molecule is COc1ccc([C@@H]2CCCCCN2C(=O)c2nc3nc(C)cc(C)n3n2)cc1. The molecule has 0 saturated carbocycles. The Balaban J connectivity index is 1.69. The number of carbonyl (C=O) groups is 1. The lowest BCUT2D eigenvalue weighted by molar-refractivity contribution is 0.0668. The molecule has 0 radical (unpaired) electrons. The number of aryl methyl sites for hydroxylation is 2. The van der Waals surface area contributed by atoms with Crippen molar-refractivity contribution >= 4 is 11.7 Å². The number of methoxy groups -OCH3 is 1. The Kier molecular flexibility index (Phi) is 4.98. The first kappa shape index (κ1) is 18.4. The number of benzene rings is 1. The molecule has 1 fully saturated rings. The molecule has 1 aliphatic rings. The zero-order valence-corrected chi connectivity index (χ0v) is 16.6. The molecule has 4 rings (SSSR count). The van der Waals surface area contributed by atoms with Gasteiger partial charge in [-0.3, -0.25) is 4.79 Å². The molecule has 2 aromatic heterocycles. The lowest BCUT2D eigenvalue weighted by atomic mass is 10.0. The molecular formula is C21H25N5O2. The molecule has 7 heteroatoms. The highest BCUT2D eigenvalue weighted by molar-refractivity contribution is 5.91. The number of likely N-dealkylation sites (tertiary alicyclic amines) is 1. The minimum atomic E-state index is -0.134. The quantitative estimate of drug-likeness (QED) is 0.696. The summed E-state index contributed by atoms with van der Waals surface area (Å²) in [6.45, 7) is 4.56. The van der Waals surface area contributed by atoms with Crippen LogP contribution in [-0.2, 0) is 0 Å². The van der Waals surface area contributed by atoms with Crippen LogP contribution in [0, 0.1) is 13.8 Å². The largest absolute Gasteiger partial charge is 0.497 e. The van der Waals surface area contributed by atoms with E-state index in [1.54, 1.807) is 11.6 Å². The molecule has 0 bridgehead atoms. The van der Waals surface area contributed by atoms with Gasteiger partial charge in [-0.2, -0.15) is 4.98 Å². The van der Waals surface area contributed by atoms with Gasteiger partial charge < -0.3 is 9.64 Å². The number of hydrogen-bond donors (Lipinski definition) is 0. The van der Waals surface area contributed by atoms with Crippen LogP contribution in [0.1, 0.15) is 59.3 Å². The molecule has 0 N–H and O–H groups in total. The highest BCUT2D eigenvalue weighted by Gasteiger charge is 2.30. The van der Waals surface area contributed by atoms with Crippen molar-refractivity contribution in [3.63, 3.8) is 0 Å². The van der Waals surface area contributed by atoms with Gasteiger partial charge in [0.05, 0.1) is 13.2 Å². The zero-order chi connectivity index (χ0) is 19.7. The predicted octanol–water partition coefficient (Wildman–Crippen LogP) is 3.51. The fourth-order valence-electron chi connectivity index (χ4n) is 3.91. The van der Waals surface area contributed by atoms with Gasteiger partial charge in [0.1, 0.15) is 5.75 Å². The number of carbonyl (C=O) groups excluding carboxylic acids is 1. The van der Waals surface area contributed by atoms with E-state index >= 15 is 0 Å². The molecule has 3 aromatic rings. The second kappa shape index (κ2) is 7.58. The van der Waals surface area contributed by atoms with E-state index in [1.807, 2.05) is 49.1 Å². The third kappa shape index (κ3) is 3.44. The van der Waals surface area contributed by atoms with Crippen molar-refractivity contribution in [3.05, 3.63) is 53.1 Å². The lowest BCUT2D eigenvalue weighted by Crippen LogP contribution is -2.35. The van der Waals surface area contributed by atoms with Crippen molar-refractivity contribution in [3.8, 4) is 5.75 Å². The number of rotatable bonds is 3. The van der Waals surface area contributed by atoms with Crippen molar-refractivity contribution in [1.29, 1.82) is 0 Å². The molecule has 146 valence electrons. The topological polar surface area (TPSA) is 72.6 Å². The van der Waals surface area contributed by atoms with Crippen molar-refractivity contribution in [2.75, 3.05) is 13.7 Å². The fraction of sp³-hybridized carbons (Fsp3) is 0.429. The molecule has 1 amide bonds. The number of amides is 1. The average Bonchev–Trinajstić information content (AvgIpc) is 2.97. The summed E-state index contributed by atoms with van der Waals surface area (Å²) in [6.07, 6.45) is 4.14. The van der Waals surface area contributed by atoms with Gasteiger partial charge in [-0.25, -0.2) is 9.50 Å². The van der Waals surface area contributed by atoms with Crippen molar-refractivity contribution in [2.24, 2.45) is 0 Å². The van der Waals surface area contributed by atoms with E-state index in [1.165, 1.54) is 0 Å². The standard InChI is InChI=1S/C21H25N5O2/c1-14-13-15(2)26-21(22-14)23-19(24-26)20(27)25-12-6-4-5-7-18(25)16-8-10-17(28-3)11-9-16/h8-11,13,18H,4-7,12H2,1-3H3/t18-/m0/s1. The number of nitrogens with zero attached hydrogens (tertiary/aromatic N) is 5. The van der Waals surface area contributed by atoms with Gasteiger partial charge in [0, 0.05) is 17.9 Å². The third-order valence-electron chi connectivity index (χ3n) is 5.32. The molecule has 1 atom stereocenters. The van der Waals surface area contributed by atoms with Gasteiger partial charge >= 0.3 is 0 Å². The smallest absolute Gasteiger partial charge is 0.294 e. The van der Waals surface area contributed by atoms with E-state index in [4.69, 9.17) is 4.74 Å². The third-order valence-corrected chi connectivity index (χ3v) is 5.32. The van der Waals surface area contributed by atoms with Crippen LogP contribution in [0.5, 0.6) is 5.75 Å². The highest BCUT2D eigenvalue weighted by atomic mass is 16.5. The van der Waals surface area contributed by atoms with Crippen LogP contribution in [0.2, 0.25) is 0 Å². The Morgan fingerprint density at radius 2 is 1.89 bits per heavy atom. The summed E-state index contributed by atoms with van der Waals surface area (Å²) >= 11 is 0. The summed E-state index contributed by atoms with van der Waals surface area (Å²) < 4.78 is 6.91. The Labute approximate surface area is 164 Å². The minimum Gasteiger partial charge on any atom is -0.497 e. The van der Waals surface area contributed by atoms with Crippen LogP contribution in [-0.4, -0.2) is 44.0 Å². The van der Waals surface area contributed by atoms with E-state index in [2.05, 4.69) is 15.1 Å². The van der Waals surface area contributed by atoms with Crippen LogP contribution in [0.3, 0.4) is 0 Å². The summed E-state index contributed by atoms with van der Waals surface area (Å²) in [5.41, 5.74) is 2.89. The van der Waals surface area contributed by atoms with E-state index in [0.29, 0.717) is 12.3 Å². The normalized spacial score (nSPS) is 17.5. The second-order valence-corrected chi connectivity index (χ2v) is 7.32. The number of aromatic nitrogens is 4. The number of hydrogen-bond acceptors (Lipinski definition) is 5. The maximum atomic E-state index is 13.4. The molecular weight excluding hydrogens is 354 g/mol. The number of ether oxygens (including phenoxy) is 1. The van der Waals surface area contributed by atoms with E-state index in [9.17, 15) is 4.79 Å². The van der Waals surface area contributed by atoms with Crippen molar-refractivity contribution < 1.29 is 9.53 Å². The van der Waals surface area contributed by atoms with E-state index < -0.39 is 0 Å². The average molecular weight is 379 g/mol. The summed E-state index contributed by atoms with van der Waals surface area (Å²) in [5, 5.41) is 4.45. The van der Waals surface area contributed by atoms with Crippen molar-refractivity contribution in [1.82, 2.24) is 24.5 Å². The van der Waals surface area contributed by atoms with Crippen LogP contribution >= 0.6 is 0 Å². The van der Waals surface area contributed by atoms with Gasteiger partial charge in [0.25, 0.3) is 11.7 Å². The molecule has 1 saturated heterocycles. The zero-order valence-electron chi connectivity index (χ0n) is 16.6. The Morgan fingerprint density at radius 3 is 2.64 bits per heavy atom. The monoisotopic (exact) mass is 379 g/mol. The fourth-order valence-corrected chi connectivity index (χ4v) is 3.91. The molecule has 0 aliphatic carbocycles. The maximum Gasteiger partial charge on any atom is 0.294 e. The number of fused-ring (bicyclic) bond motifs is 1. The molecule has 0 spiro atoms. The first-order valence-electron chi connectivity index (χ1n) is 9.73. The van der Waals surface area contributed by atoms with Crippen LogP contribution < -0.4 is 4.74 Å². The molecule has 3 heterocycles. The predicted molar refractivity (Wildman–Crippen MR) is 105 cm³/mol. The lowest BCUT2D eigenvalue weighted by Gasteiger charge is -2.29. The summed E-state index contributed by atoms with van der Waals surface area (Å²) in [4.78, 5) is 24.1. The van der Waals surface area contributed by atoms with Crippen LogP contribution in [0.25, 0.3) is 5.78 Å². The Morgan fingerprint density at radius 1 is 1.11 bits per heavy atom. The molecule has 28 heavy (non-hydrogen) atoms. The Bertz CT molecular complexity index is 996. The summed E-state index contributed by atoms with van der Waals surface area (Å²) in [6, 6.07) is 9.93. The maximum absolute atomic E-state index is 13.4. The van der Waals surface area contributed by atoms with Gasteiger partial charge in [-0.1, -0.05) is 25.0 Å². The van der Waals surface area contributed by atoms with Crippen LogP contribution in [0.4, 0.5) is 0 Å². The molecule has 1 aromatic carbocycles. The molecule has 7 nitrogen and oxygen atoms in total. The molecule has 0 unspecified atom stereocenters. The highest BCUT2D eigenvalue weighted by Crippen LogP contribution is 2.32. The van der Waals surface area contributed by atoms with E-state index in [-0.39, 0.29) is 17.8 Å². The van der Waals surface area contributed by atoms with Gasteiger partial charge in [-0.15, -0.1) is 5.10 Å². The summed E-state index contributed by atoms with van der Waals surface area (Å²) in [7, 11) is 1.66. The first-order chi connectivity index (χ1) is 13.6. The second-order valence-electron chi connectivity index (χ2n) is 7.32. The summed E-state index contributed by atoms with van der Waals surface area (Å²) in [5.74, 6) is 1.36. The Hall–Kier alpha value is -2.96. The van der Waals surface area contributed by atoms with E-state index in [0.717, 1.165) is 48.4 Å². The van der Waals surface area contributed by atoms with Crippen LogP contribution in [0.15, 0.2) is 30.3 Å². The van der Waals surface area contributed by atoms with Gasteiger partial charge in [-0.05, 0) is 50.5 Å². The molecule has 1 aliphatic heterocycles. The minimum absolute atomic E-state index is 0.0170.